The number of hydrogen-bond donors (Lipinski definition) is 1. The molecule has 1 aliphatic heterocycles. The zero-order valence-corrected chi connectivity index (χ0v) is 12.7. The van der Waals surface area contributed by atoms with Crippen molar-refractivity contribution >= 4 is 10.8 Å². The van der Waals surface area contributed by atoms with Crippen LogP contribution in [-0.2, 0) is 10.8 Å². The third kappa shape index (κ3) is 4.41. The molecule has 1 atom stereocenters. The van der Waals surface area contributed by atoms with Crippen LogP contribution in [0.3, 0.4) is 0 Å². The molecule has 1 aliphatic rings. The lowest BCUT2D eigenvalue weighted by atomic mass is 10.0. The molecular formula is C15H24N2OS. The molecule has 1 fully saturated rings. The monoisotopic (exact) mass is 280 g/mol. The van der Waals surface area contributed by atoms with Crippen molar-refractivity contribution in [2.45, 2.75) is 19.4 Å². The molecule has 1 N–H and O–H groups in total. The molecule has 4 heteroatoms. The number of benzene rings is 1. The second-order valence-electron chi connectivity index (χ2n) is 5.23. The summed E-state index contributed by atoms with van der Waals surface area (Å²) in [6, 6.07) is 9.17. The van der Waals surface area contributed by atoms with E-state index in [-0.39, 0.29) is 0 Å². The highest BCUT2D eigenvalue weighted by atomic mass is 32.2. The predicted octanol–water partition coefficient (Wildman–Crippen LogP) is 1.71. The maximum absolute atomic E-state index is 11.3. The molecule has 2 rings (SSSR count). The van der Waals surface area contributed by atoms with Crippen LogP contribution in [0.1, 0.15) is 23.6 Å². The highest BCUT2D eigenvalue weighted by Gasteiger charge is 2.16. The zero-order chi connectivity index (χ0) is 13.7. The first-order valence-corrected chi connectivity index (χ1v) is 8.49. The minimum atomic E-state index is -0.573. The molecule has 0 aromatic heterocycles. The summed E-state index contributed by atoms with van der Waals surface area (Å²) in [5.74, 6) is 1.68. The van der Waals surface area contributed by atoms with Crippen LogP contribution in [0.25, 0.3) is 0 Å². The Hall–Kier alpha value is -0.710. The molecule has 0 amide bonds. The van der Waals surface area contributed by atoms with Crippen LogP contribution in [0.2, 0.25) is 0 Å². The Balaban J connectivity index is 1.85. The van der Waals surface area contributed by atoms with Crippen LogP contribution in [0.15, 0.2) is 24.3 Å². The van der Waals surface area contributed by atoms with Crippen LogP contribution in [0.4, 0.5) is 0 Å². The van der Waals surface area contributed by atoms with Gasteiger partial charge in [0.1, 0.15) is 0 Å². The number of nitrogens with one attached hydrogen (secondary N) is 1. The maximum atomic E-state index is 11.3. The lowest BCUT2D eigenvalue weighted by Crippen LogP contribution is -2.39. The van der Waals surface area contributed by atoms with Gasteiger partial charge in [-0.15, -0.1) is 0 Å². The molecule has 0 spiro atoms. The van der Waals surface area contributed by atoms with E-state index in [9.17, 15) is 4.21 Å². The van der Waals surface area contributed by atoms with Crippen molar-refractivity contribution in [2.24, 2.45) is 0 Å². The fourth-order valence-corrected chi connectivity index (χ4v) is 3.62. The van der Waals surface area contributed by atoms with Gasteiger partial charge in [-0.25, -0.2) is 0 Å². The maximum Gasteiger partial charge on any atom is 0.0363 e. The topological polar surface area (TPSA) is 32.3 Å². The van der Waals surface area contributed by atoms with Crippen molar-refractivity contribution in [2.75, 3.05) is 38.2 Å². The average molecular weight is 280 g/mol. The smallest absolute Gasteiger partial charge is 0.0363 e. The van der Waals surface area contributed by atoms with Gasteiger partial charge in [0.05, 0.1) is 0 Å². The largest absolute Gasteiger partial charge is 0.313 e. The van der Waals surface area contributed by atoms with Gasteiger partial charge in [-0.3, -0.25) is 4.21 Å². The van der Waals surface area contributed by atoms with E-state index in [1.54, 1.807) is 0 Å². The Morgan fingerprint density at radius 2 is 1.89 bits per heavy atom. The van der Waals surface area contributed by atoms with Crippen molar-refractivity contribution in [1.29, 1.82) is 0 Å². The SMILES string of the molecule is CNC(CCN1CCS(=O)CC1)c1ccc(C)cc1. The van der Waals surface area contributed by atoms with Crippen molar-refractivity contribution < 1.29 is 4.21 Å². The Bertz CT molecular complexity index is 409. The van der Waals surface area contributed by atoms with Gasteiger partial charge in [-0.05, 0) is 26.0 Å². The molecule has 0 radical (unpaired) electrons. The molecule has 19 heavy (non-hydrogen) atoms. The second kappa shape index (κ2) is 7.17. The van der Waals surface area contributed by atoms with E-state index in [0.717, 1.165) is 37.6 Å². The van der Waals surface area contributed by atoms with Crippen molar-refractivity contribution in [3.8, 4) is 0 Å². The minimum absolute atomic E-state index is 0.410. The highest BCUT2D eigenvalue weighted by Crippen LogP contribution is 2.18. The summed E-state index contributed by atoms with van der Waals surface area (Å²) in [7, 11) is 1.45. The summed E-state index contributed by atoms with van der Waals surface area (Å²) in [6.45, 7) is 5.16. The van der Waals surface area contributed by atoms with Gasteiger partial charge < -0.3 is 10.2 Å². The van der Waals surface area contributed by atoms with Gasteiger partial charge in [-0.1, -0.05) is 29.8 Å². The molecule has 0 saturated carbocycles. The predicted molar refractivity (Wildman–Crippen MR) is 81.9 cm³/mol. The molecular weight excluding hydrogens is 256 g/mol. The molecule has 0 aliphatic carbocycles. The summed E-state index contributed by atoms with van der Waals surface area (Å²) in [6.07, 6.45) is 1.10. The van der Waals surface area contributed by atoms with E-state index in [1.807, 2.05) is 7.05 Å². The van der Waals surface area contributed by atoms with Gasteiger partial charge in [0, 0.05) is 48.0 Å². The minimum Gasteiger partial charge on any atom is -0.313 e. The first kappa shape index (κ1) is 14.7. The third-order valence-electron chi connectivity index (χ3n) is 3.83. The molecule has 3 nitrogen and oxygen atoms in total. The number of nitrogens with zero attached hydrogens (tertiary/aromatic N) is 1. The van der Waals surface area contributed by atoms with Crippen LogP contribution in [0.5, 0.6) is 0 Å². The fourth-order valence-electron chi connectivity index (χ4n) is 2.49. The highest BCUT2D eigenvalue weighted by molar-refractivity contribution is 7.85. The Kier molecular flexibility index (Phi) is 5.55. The molecule has 1 unspecified atom stereocenters. The molecule has 1 aromatic carbocycles. The number of aryl methyl sites for hydroxylation is 1. The third-order valence-corrected chi connectivity index (χ3v) is 5.11. The fraction of sp³-hybridized carbons (Fsp3) is 0.600. The lowest BCUT2D eigenvalue weighted by Gasteiger charge is -2.28. The van der Waals surface area contributed by atoms with Gasteiger partial charge in [-0.2, -0.15) is 0 Å². The summed E-state index contributed by atoms with van der Waals surface area (Å²) < 4.78 is 11.3. The second-order valence-corrected chi connectivity index (χ2v) is 6.93. The average Bonchev–Trinajstić information content (AvgIpc) is 2.43. The normalized spacial score (nSPS) is 19.5. The molecule has 1 heterocycles. The van der Waals surface area contributed by atoms with Crippen molar-refractivity contribution in [3.63, 3.8) is 0 Å². The Labute approximate surface area is 118 Å². The van der Waals surface area contributed by atoms with Gasteiger partial charge in [0.15, 0.2) is 0 Å². The van der Waals surface area contributed by atoms with Crippen LogP contribution in [0, 0.1) is 6.92 Å². The van der Waals surface area contributed by atoms with Crippen LogP contribution < -0.4 is 5.32 Å². The zero-order valence-electron chi connectivity index (χ0n) is 11.9. The van der Waals surface area contributed by atoms with Gasteiger partial charge in [0.25, 0.3) is 0 Å². The lowest BCUT2D eigenvalue weighted by molar-refractivity contribution is 0.281. The molecule has 1 aromatic rings. The van der Waals surface area contributed by atoms with Crippen molar-refractivity contribution in [1.82, 2.24) is 10.2 Å². The Morgan fingerprint density at radius 3 is 2.47 bits per heavy atom. The van der Waals surface area contributed by atoms with Crippen LogP contribution >= 0.6 is 0 Å². The van der Waals surface area contributed by atoms with E-state index in [0.29, 0.717) is 6.04 Å². The van der Waals surface area contributed by atoms with Gasteiger partial charge in [0.2, 0.25) is 0 Å². The van der Waals surface area contributed by atoms with Crippen molar-refractivity contribution in [3.05, 3.63) is 35.4 Å². The quantitative estimate of drug-likeness (QED) is 0.891. The van der Waals surface area contributed by atoms with E-state index in [1.165, 1.54) is 11.1 Å². The summed E-state index contributed by atoms with van der Waals surface area (Å²) in [5, 5.41) is 3.40. The summed E-state index contributed by atoms with van der Waals surface area (Å²) >= 11 is 0. The molecule has 0 bridgehead atoms. The van der Waals surface area contributed by atoms with E-state index >= 15 is 0 Å². The van der Waals surface area contributed by atoms with Crippen LogP contribution in [-0.4, -0.2) is 47.3 Å². The van der Waals surface area contributed by atoms with E-state index in [2.05, 4.69) is 41.4 Å². The van der Waals surface area contributed by atoms with E-state index in [4.69, 9.17) is 0 Å². The number of rotatable bonds is 5. The first-order chi connectivity index (χ1) is 9.19. The van der Waals surface area contributed by atoms with Gasteiger partial charge >= 0.3 is 0 Å². The molecule has 1 saturated heterocycles. The number of hydrogen-bond acceptors (Lipinski definition) is 3. The van der Waals surface area contributed by atoms with E-state index < -0.39 is 10.8 Å². The Morgan fingerprint density at radius 1 is 1.26 bits per heavy atom. The first-order valence-electron chi connectivity index (χ1n) is 7.00. The molecule has 106 valence electrons. The standard InChI is InChI=1S/C15H24N2OS/c1-13-3-5-14(6-4-13)15(16-2)7-8-17-9-11-19(18)12-10-17/h3-6,15-16H,7-12H2,1-2H3. The summed E-state index contributed by atoms with van der Waals surface area (Å²) in [4.78, 5) is 2.43. The summed E-state index contributed by atoms with van der Waals surface area (Å²) in [5.41, 5.74) is 2.66.